The Kier molecular flexibility index (Phi) is 4.96. The van der Waals surface area contributed by atoms with Crippen LogP contribution in [0, 0.1) is 0 Å². The van der Waals surface area contributed by atoms with Gasteiger partial charge < -0.3 is 19.9 Å². The predicted octanol–water partition coefficient (Wildman–Crippen LogP) is 1.66. The number of hydrogen-bond acceptors (Lipinski definition) is 3. The van der Waals surface area contributed by atoms with Crippen LogP contribution in [0.25, 0.3) is 11.3 Å². The van der Waals surface area contributed by atoms with Gasteiger partial charge in [-0.25, -0.2) is 0 Å². The minimum absolute atomic E-state index is 0.0479. The first-order valence-corrected chi connectivity index (χ1v) is 8.03. The van der Waals surface area contributed by atoms with Gasteiger partial charge in [0.2, 0.25) is 5.91 Å². The van der Waals surface area contributed by atoms with Crippen LogP contribution in [0.4, 0.5) is 0 Å². The molecule has 6 heteroatoms. The largest absolute Gasteiger partial charge is 0.373 e. The van der Waals surface area contributed by atoms with E-state index >= 15 is 0 Å². The zero-order valence-corrected chi connectivity index (χ0v) is 13.6. The third-order valence-electron chi connectivity index (χ3n) is 4.01. The van der Waals surface area contributed by atoms with E-state index in [-0.39, 0.29) is 17.9 Å². The second-order valence-electron chi connectivity index (χ2n) is 5.83. The molecule has 2 amide bonds. The smallest absolute Gasteiger partial charge is 0.270 e. The highest BCUT2D eigenvalue weighted by Gasteiger charge is 2.25. The van der Waals surface area contributed by atoms with E-state index in [1.54, 1.807) is 4.90 Å². The van der Waals surface area contributed by atoms with Crippen LogP contribution in [0.3, 0.4) is 0 Å². The number of nitrogens with one attached hydrogen (secondary N) is 2. The third kappa shape index (κ3) is 3.83. The van der Waals surface area contributed by atoms with Gasteiger partial charge in [0.05, 0.1) is 12.7 Å². The number of benzene rings is 1. The first kappa shape index (κ1) is 16.3. The van der Waals surface area contributed by atoms with Crippen molar-refractivity contribution in [2.24, 2.45) is 0 Å². The van der Waals surface area contributed by atoms with Crippen LogP contribution in [0.5, 0.6) is 0 Å². The molecular weight excluding hydrogens is 306 g/mol. The van der Waals surface area contributed by atoms with Crippen molar-refractivity contribution in [1.82, 2.24) is 15.2 Å². The highest BCUT2D eigenvalue weighted by atomic mass is 16.5. The second kappa shape index (κ2) is 7.31. The summed E-state index contributed by atoms with van der Waals surface area (Å²) < 4.78 is 5.60. The summed E-state index contributed by atoms with van der Waals surface area (Å²) in [7, 11) is 0. The van der Waals surface area contributed by atoms with Crippen molar-refractivity contribution in [3.63, 3.8) is 0 Å². The molecule has 1 atom stereocenters. The predicted molar refractivity (Wildman–Crippen MR) is 90.6 cm³/mol. The van der Waals surface area contributed by atoms with Gasteiger partial charge in [-0.05, 0) is 17.7 Å². The molecule has 1 saturated heterocycles. The number of nitrogens with zero attached hydrogens (tertiary/aromatic N) is 1. The fourth-order valence-corrected chi connectivity index (χ4v) is 2.76. The van der Waals surface area contributed by atoms with E-state index < -0.39 is 0 Å². The van der Waals surface area contributed by atoms with Gasteiger partial charge in [-0.1, -0.05) is 30.3 Å². The molecule has 0 unspecified atom stereocenters. The number of carbonyl (C=O) groups excluding carboxylic acids is 2. The lowest BCUT2D eigenvalue weighted by molar-refractivity contribution is -0.120. The number of hydrogen-bond donors (Lipinski definition) is 2. The maximum atomic E-state index is 12.7. The highest BCUT2D eigenvalue weighted by Crippen LogP contribution is 2.19. The van der Waals surface area contributed by atoms with E-state index in [9.17, 15) is 9.59 Å². The number of aromatic amines is 1. The van der Waals surface area contributed by atoms with Crippen molar-refractivity contribution in [2.45, 2.75) is 13.0 Å². The number of carbonyl (C=O) groups is 2. The molecule has 0 radical (unpaired) electrons. The zero-order valence-electron chi connectivity index (χ0n) is 13.6. The lowest BCUT2D eigenvalue weighted by Gasteiger charge is -2.32. The molecule has 6 nitrogen and oxygen atoms in total. The van der Waals surface area contributed by atoms with E-state index in [1.165, 1.54) is 6.92 Å². The fourth-order valence-electron chi connectivity index (χ4n) is 2.76. The average Bonchev–Trinajstić information content (AvgIpc) is 3.10. The van der Waals surface area contributed by atoms with Crippen molar-refractivity contribution < 1.29 is 14.3 Å². The van der Waals surface area contributed by atoms with Gasteiger partial charge in [-0.2, -0.15) is 0 Å². The minimum Gasteiger partial charge on any atom is -0.373 e. The Balaban J connectivity index is 1.66. The van der Waals surface area contributed by atoms with Gasteiger partial charge in [0, 0.05) is 32.3 Å². The molecule has 0 spiro atoms. The number of morpholine rings is 1. The maximum absolute atomic E-state index is 12.7. The Bertz CT molecular complexity index is 711. The van der Waals surface area contributed by atoms with Gasteiger partial charge in [-0.15, -0.1) is 0 Å². The number of ether oxygens (including phenoxy) is 1. The van der Waals surface area contributed by atoms with Gasteiger partial charge in [0.15, 0.2) is 0 Å². The van der Waals surface area contributed by atoms with Crippen molar-refractivity contribution in [3.8, 4) is 11.3 Å². The summed E-state index contributed by atoms with van der Waals surface area (Å²) >= 11 is 0. The van der Waals surface area contributed by atoms with Crippen LogP contribution in [0.15, 0.2) is 42.5 Å². The SMILES string of the molecule is CC(=O)NC[C@H]1CN(C(=O)c2ccc(-c3ccccc3)[nH]2)CCO1. The quantitative estimate of drug-likeness (QED) is 0.897. The molecule has 0 bridgehead atoms. The van der Waals surface area contributed by atoms with E-state index in [1.807, 2.05) is 42.5 Å². The summed E-state index contributed by atoms with van der Waals surface area (Å²) in [6.07, 6.45) is -0.171. The van der Waals surface area contributed by atoms with Crippen molar-refractivity contribution in [2.75, 3.05) is 26.2 Å². The molecule has 1 aromatic carbocycles. The van der Waals surface area contributed by atoms with Crippen LogP contribution in [-0.4, -0.2) is 54.0 Å². The number of amides is 2. The molecule has 126 valence electrons. The van der Waals surface area contributed by atoms with Crippen LogP contribution < -0.4 is 5.32 Å². The molecular formula is C18H21N3O3. The Hall–Kier alpha value is -2.60. The topological polar surface area (TPSA) is 74.4 Å². The van der Waals surface area contributed by atoms with Crippen molar-refractivity contribution in [1.29, 1.82) is 0 Å². The zero-order chi connectivity index (χ0) is 16.9. The molecule has 1 aromatic heterocycles. The first-order chi connectivity index (χ1) is 11.6. The molecule has 0 aliphatic carbocycles. The van der Waals surface area contributed by atoms with Gasteiger partial charge in [0.25, 0.3) is 5.91 Å². The van der Waals surface area contributed by atoms with Crippen LogP contribution in [0.2, 0.25) is 0 Å². The molecule has 2 N–H and O–H groups in total. The Morgan fingerprint density at radius 2 is 2.04 bits per heavy atom. The van der Waals surface area contributed by atoms with Crippen LogP contribution in [0.1, 0.15) is 17.4 Å². The highest BCUT2D eigenvalue weighted by molar-refractivity contribution is 5.93. The summed E-state index contributed by atoms with van der Waals surface area (Å²) in [5.74, 6) is -0.146. The molecule has 2 aromatic rings. The molecule has 1 aliphatic rings. The number of H-pyrrole nitrogens is 1. The molecule has 1 aliphatic heterocycles. The van der Waals surface area contributed by atoms with E-state index in [0.717, 1.165) is 11.3 Å². The van der Waals surface area contributed by atoms with Crippen LogP contribution in [-0.2, 0) is 9.53 Å². The van der Waals surface area contributed by atoms with E-state index in [4.69, 9.17) is 4.74 Å². The summed E-state index contributed by atoms with van der Waals surface area (Å²) in [5, 5.41) is 2.73. The number of aromatic nitrogens is 1. The second-order valence-corrected chi connectivity index (χ2v) is 5.83. The number of rotatable bonds is 4. The maximum Gasteiger partial charge on any atom is 0.270 e. The fraction of sp³-hybridized carbons (Fsp3) is 0.333. The molecule has 2 heterocycles. The Labute approximate surface area is 140 Å². The van der Waals surface area contributed by atoms with Gasteiger partial charge >= 0.3 is 0 Å². The van der Waals surface area contributed by atoms with Gasteiger partial charge in [-0.3, -0.25) is 9.59 Å². The summed E-state index contributed by atoms with van der Waals surface area (Å²) in [6, 6.07) is 13.6. The van der Waals surface area contributed by atoms with Crippen molar-refractivity contribution in [3.05, 3.63) is 48.2 Å². The molecule has 3 rings (SSSR count). The summed E-state index contributed by atoms with van der Waals surface area (Å²) in [4.78, 5) is 28.6. The van der Waals surface area contributed by atoms with Gasteiger partial charge in [0.1, 0.15) is 5.69 Å². The molecule has 24 heavy (non-hydrogen) atoms. The van der Waals surface area contributed by atoms with Crippen LogP contribution >= 0.6 is 0 Å². The standard InChI is InChI=1S/C18H21N3O3/c1-13(22)19-11-15-12-21(9-10-24-15)18(23)17-8-7-16(20-17)14-5-3-2-4-6-14/h2-8,15,20H,9-12H2,1H3,(H,19,22)/t15-/m0/s1. The first-order valence-electron chi connectivity index (χ1n) is 8.03. The van der Waals surface area contributed by atoms with Crippen molar-refractivity contribution >= 4 is 11.8 Å². The lowest BCUT2D eigenvalue weighted by Crippen LogP contribution is -2.49. The third-order valence-corrected chi connectivity index (χ3v) is 4.01. The average molecular weight is 327 g/mol. The van der Waals surface area contributed by atoms with E-state index in [2.05, 4.69) is 10.3 Å². The minimum atomic E-state index is -0.171. The summed E-state index contributed by atoms with van der Waals surface area (Å²) in [6.45, 7) is 3.38. The molecule has 0 saturated carbocycles. The summed E-state index contributed by atoms with van der Waals surface area (Å²) in [5.41, 5.74) is 2.53. The lowest BCUT2D eigenvalue weighted by atomic mass is 10.2. The Morgan fingerprint density at radius 3 is 2.79 bits per heavy atom. The Morgan fingerprint density at radius 1 is 1.25 bits per heavy atom. The normalized spacial score (nSPS) is 17.5. The van der Waals surface area contributed by atoms with E-state index in [0.29, 0.717) is 31.9 Å². The monoisotopic (exact) mass is 327 g/mol. The molecule has 1 fully saturated rings.